The lowest BCUT2D eigenvalue weighted by Crippen LogP contribution is -2.25. The van der Waals surface area contributed by atoms with Crippen molar-refractivity contribution in [1.29, 1.82) is 5.41 Å². The number of aromatic nitrogens is 3. The van der Waals surface area contributed by atoms with Crippen LogP contribution in [0.25, 0.3) is 16.5 Å². The van der Waals surface area contributed by atoms with E-state index in [1.807, 2.05) is 31.2 Å². The van der Waals surface area contributed by atoms with Crippen molar-refractivity contribution in [3.63, 3.8) is 0 Å². The number of nitrogens with zero attached hydrogens (tertiary/aromatic N) is 3. The molecular weight excluding hydrogens is 473 g/mol. The number of benzene rings is 2. The highest BCUT2D eigenvalue weighted by Gasteiger charge is 2.20. The van der Waals surface area contributed by atoms with Crippen molar-refractivity contribution in [3.8, 4) is 5.69 Å². The van der Waals surface area contributed by atoms with Gasteiger partial charge in [-0.15, -0.1) is 0 Å². The molecular formula is C27H24FN7O2. The van der Waals surface area contributed by atoms with Gasteiger partial charge >= 0.3 is 0 Å². The summed E-state index contributed by atoms with van der Waals surface area (Å²) in [5.74, 6) is -0.438. The molecule has 9 nitrogen and oxygen atoms in total. The number of carbonyl (C=O) groups is 1. The number of hydrogen-bond acceptors (Lipinski definition) is 7. The van der Waals surface area contributed by atoms with E-state index < -0.39 is 5.82 Å². The molecule has 10 heteroatoms. The van der Waals surface area contributed by atoms with E-state index >= 15 is 0 Å². The highest BCUT2D eigenvalue weighted by atomic mass is 19.1. The summed E-state index contributed by atoms with van der Waals surface area (Å²) in [4.78, 5) is 33.9. The van der Waals surface area contributed by atoms with Crippen LogP contribution in [0.1, 0.15) is 23.2 Å². The average Bonchev–Trinajstić information content (AvgIpc) is 3.27. The van der Waals surface area contributed by atoms with Gasteiger partial charge in [0.2, 0.25) is 5.91 Å². The molecule has 0 bridgehead atoms. The van der Waals surface area contributed by atoms with E-state index in [-0.39, 0.29) is 46.6 Å². The third kappa shape index (κ3) is 4.44. The van der Waals surface area contributed by atoms with E-state index in [1.165, 1.54) is 23.0 Å². The Balaban J connectivity index is 1.59. The predicted molar refractivity (Wildman–Crippen MR) is 141 cm³/mol. The topological polar surface area (TPSA) is 139 Å². The van der Waals surface area contributed by atoms with Crippen LogP contribution < -0.4 is 21.9 Å². The molecule has 186 valence electrons. The Morgan fingerprint density at radius 1 is 1.22 bits per heavy atom. The first-order chi connectivity index (χ1) is 17.8. The summed E-state index contributed by atoms with van der Waals surface area (Å²) >= 11 is 0. The number of nitrogen functional groups attached to an aromatic ring is 1. The van der Waals surface area contributed by atoms with Crippen LogP contribution in [0.3, 0.4) is 0 Å². The molecule has 2 aromatic carbocycles. The molecule has 0 spiro atoms. The van der Waals surface area contributed by atoms with E-state index in [4.69, 9.17) is 11.1 Å². The SMILES string of the molecule is Cc1cccc2cc(CNc3ncnc(N)c3C(=N)/C=C3/CCNC3=O)n(-c3ccccc3F)c(=O)c12. The van der Waals surface area contributed by atoms with Crippen LogP contribution in [-0.4, -0.2) is 32.7 Å². The van der Waals surface area contributed by atoms with Crippen molar-refractivity contribution >= 4 is 34.0 Å². The van der Waals surface area contributed by atoms with Gasteiger partial charge in [-0.1, -0.05) is 30.3 Å². The van der Waals surface area contributed by atoms with E-state index in [0.717, 1.165) is 10.9 Å². The van der Waals surface area contributed by atoms with Gasteiger partial charge in [0.25, 0.3) is 5.56 Å². The number of fused-ring (bicyclic) bond motifs is 1. The van der Waals surface area contributed by atoms with Crippen LogP contribution in [0, 0.1) is 18.2 Å². The molecule has 0 atom stereocenters. The molecule has 1 fully saturated rings. The van der Waals surface area contributed by atoms with Crippen LogP contribution in [-0.2, 0) is 11.3 Å². The van der Waals surface area contributed by atoms with Gasteiger partial charge in [-0.3, -0.25) is 19.6 Å². The standard InChI is InChI=1S/C27H24FN7O2/c1-15-5-4-6-16-11-18(35(27(37)22(15)16)21-8-3-2-7-19(21)28)13-32-25-23(24(30)33-14-34-25)20(29)12-17-9-10-31-26(17)36/h2-8,11-12,14,29H,9-10,13H2,1H3,(H,31,36)(H3,30,32,33,34)/b17-12-,29-20?. The van der Waals surface area contributed by atoms with Crippen molar-refractivity contribution in [2.24, 2.45) is 0 Å². The molecule has 1 aliphatic rings. The zero-order chi connectivity index (χ0) is 26.1. The lowest BCUT2D eigenvalue weighted by Gasteiger charge is -2.18. The van der Waals surface area contributed by atoms with Crippen molar-refractivity contribution in [2.75, 3.05) is 17.6 Å². The summed E-state index contributed by atoms with van der Waals surface area (Å²) in [5.41, 5.74) is 7.82. The quantitative estimate of drug-likeness (QED) is 0.238. The second kappa shape index (κ2) is 9.65. The first-order valence-corrected chi connectivity index (χ1v) is 11.7. The van der Waals surface area contributed by atoms with Crippen molar-refractivity contribution in [1.82, 2.24) is 19.9 Å². The van der Waals surface area contributed by atoms with Gasteiger partial charge in [-0.05, 0) is 48.6 Å². The molecule has 1 amide bonds. The third-order valence-electron chi connectivity index (χ3n) is 6.30. The maximum Gasteiger partial charge on any atom is 0.263 e. The fourth-order valence-corrected chi connectivity index (χ4v) is 4.51. The second-order valence-electron chi connectivity index (χ2n) is 8.69. The van der Waals surface area contributed by atoms with Crippen LogP contribution in [0.15, 0.2) is 71.3 Å². The molecule has 2 aromatic heterocycles. The van der Waals surface area contributed by atoms with Gasteiger partial charge in [0.05, 0.1) is 28.9 Å². The fourth-order valence-electron chi connectivity index (χ4n) is 4.51. The number of aryl methyl sites for hydroxylation is 1. The minimum absolute atomic E-state index is 0.0201. The van der Waals surface area contributed by atoms with Gasteiger partial charge in [0, 0.05) is 17.8 Å². The number of carbonyl (C=O) groups excluding carboxylic acids is 1. The summed E-state index contributed by atoms with van der Waals surface area (Å²) < 4.78 is 16.2. The summed E-state index contributed by atoms with van der Waals surface area (Å²) in [5, 5.41) is 15.6. The Bertz CT molecular complexity index is 1660. The van der Waals surface area contributed by atoms with Crippen LogP contribution in [0.5, 0.6) is 0 Å². The van der Waals surface area contributed by atoms with Gasteiger partial charge in [-0.2, -0.15) is 0 Å². The number of allylic oxidation sites excluding steroid dienone is 1. The second-order valence-corrected chi connectivity index (χ2v) is 8.69. The summed E-state index contributed by atoms with van der Waals surface area (Å²) in [7, 11) is 0. The lowest BCUT2D eigenvalue weighted by molar-refractivity contribution is -0.116. The number of rotatable bonds is 6. The Morgan fingerprint density at radius 3 is 2.78 bits per heavy atom. The van der Waals surface area contributed by atoms with Crippen LogP contribution in [0.4, 0.5) is 16.0 Å². The smallest absolute Gasteiger partial charge is 0.263 e. The van der Waals surface area contributed by atoms with Gasteiger partial charge < -0.3 is 16.4 Å². The number of nitrogens with two attached hydrogens (primary N) is 1. The molecule has 1 saturated heterocycles. The Kier molecular flexibility index (Phi) is 6.22. The van der Waals surface area contributed by atoms with E-state index in [2.05, 4.69) is 20.6 Å². The highest BCUT2D eigenvalue weighted by molar-refractivity contribution is 6.16. The number of hydrogen-bond donors (Lipinski definition) is 4. The number of pyridine rings is 1. The minimum Gasteiger partial charge on any atom is -0.383 e. The summed E-state index contributed by atoms with van der Waals surface area (Å²) in [6.45, 7) is 2.42. The van der Waals surface area contributed by atoms with Gasteiger partial charge in [0.15, 0.2) is 0 Å². The maximum atomic E-state index is 14.9. The molecule has 0 radical (unpaired) electrons. The molecule has 0 aliphatic carbocycles. The molecule has 5 N–H and O–H groups in total. The molecule has 0 saturated carbocycles. The van der Waals surface area contributed by atoms with Crippen molar-refractivity contribution in [3.05, 3.63) is 99.5 Å². The Labute approximate surface area is 211 Å². The number of para-hydroxylation sites is 1. The molecule has 3 heterocycles. The summed E-state index contributed by atoms with van der Waals surface area (Å²) in [6, 6.07) is 13.4. The zero-order valence-electron chi connectivity index (χ0n) is 20.0. The lowest BCUT2D eigenvalue weighted by atomic mass is 10.1. The summed E-state index contributed by atoms with van der Waals surface area (Å²) in [6.07, 6.45) is 3.22. The van der Waals surface area contributed by atoms with Crippen molar-refractivity contribution < 1.29 is 9.18 Å². The first-order valence-electron chi connectivity index (χ1n) is 11.7. The highest BCUT2D eigenvalue weighted by Crippen LogP contribution is 2.24. The Morgan fingerprint density at radius 2 is 2.03 bits per heavy atom. The molecule has 5 rings (SSSR count). The predicted octanol–water partition coefficient (Wildman–Crippen LogP) is 3.24. The first kappa shape index (κ1) is 23.9. The van der Waals surface area contributed by atoms with Crippen molar-refractivity contribution in [2.45, 2.75) is 19.9 Å². The van der Waals surface area contributed by atoms with E-state index in [9.17, 15) is 14.0 Å². The largest absolute Gasteiger partial charge is 0.383 e. The average molecular weight is 498 g/mol. The normalized spacial score (nSPS) is 14.2. The third-order valence-corrected chi connectivity index (χ3v) is 6.30. The van der Waals surface area contributed by atoms with Crippen LogP contribution >= 0.6 is 0 Å². The fraction of sp³-hybridized carbons (Fsp3) is 0.148. The monoisotopic (exact) mass is 497 g/mol. The Hall–Kier alpha value is -4.86. The maximum absolute atomic E-state index is 14.9. The molecule has 0 unspecified atom stereocenters. The molecule has 4 aromatic rings. The van der Waals surface area contributed by atoms with E-state index in [0.29, 0.717) is 29.6 Å². The number of amides is 1. The van der Waals surface area contributed by atoms with Crippen LogP contribution in [0.2, 0.25) is 0 Å². The number of nitrogens with one attached hydrogen (secondary N) is 3. The van der Waals surface area contributed by atoms with Gasteiger partial charge in [0.1, 0.15) is 23.8 Å². The zero-order valence-corrected chi connectivity index (χ0v) is 20.0. The molecule has 37 heavy (non-hydrogen) atoms. The number of anilines is 2. The number of halogens is 1. The molecule has 1 aliphatic heterocycles. The van der Waals surface area contributed by atoms with Gasteiger partial charge in [-0.25, -0.2) is 14.4 Å². The van der Waals surface area contributed by atoms with E-state index in [1.54, 1.807) is 18.2 Å². The minimum atomic E-state index is -0.533.